The van der Waals surface area contributed by atoms with Gasteiger partial charge in [0.05, 0.1) is 19.7 Å². The van der Waals surface area contributed by atoms with Crippen molar-refractivity contribution in [3.05, 3.63) is 59.9 Å². The quantitative estimate of drug-likeness (QED) is 0.662. The topological polar surface area (TPSA) is 62.8 Å². The highest BCUT2D eigenvalue weighted by molar-refractivity contribution is 5.73. The summed E-state index contributed by atoms with van der Waals surface area (Å²) in [5.74, 6) is 0.976. The smallest absolute Gasteiger partial charge is 0.314 e. The summed E-state index contributed by atoms with van der Waals surface area (Å²) in [7, 11) is 5.35. The van der Waals surface area contributed by atoms with Gasteiger partial charge in [-0.2, -0.15) is 0 Å². The van der Waals surface area contributed by atoms with Gasteiger partial charge in [-0.25, -0.2) is 9.18 Å². The lowest BCUT2D eigenvalue weighted by Gasteiger charge is -2.25. The van der Waals surface area contributed by atoms with Crippen LogP contribution in [0.4, 0.5) is 9.18 Å². The number of para-hydroxylation sites is 2. The number of carbonyl (C=O) groups is 1. The van der Waals surface area contributed by atoms with Crippen LogP contribution in [-0.2, 0) is 0 Å². The minimum Gasteiger partial charge on any atom is -0.493 e. The molecule has 0 spiro atoms. The van der Waals surface area contributed by atoms with Crippen molar-refractivity contribution in [2.75, 3.05) is 40.9 Å². The number of hydrogen-bond donors (Lipinski definition) is 2. The Balaban J connectivity index is 1.76. The van der Waals surface area contributed by atoms with Crippen molar-refractivity contribution in [3.8, 4) is 11.5 Å². The Bertz CT molecular complexity index is 740. The van der Waals surface area contributed by atoms with E-state index < -0.39 is 0 Å². The first kappa shape index (κ1) is 20.5. The van der Waals surface area contributed by atoms with E-state index in [4.69, 9.17) is 9.47 Å². The monoisotopic (exact) mass is 375 g/mol. The molecule has 2 N–H and O–H groups in total. The van der Waals surface area contributed by atoms with Crippen LogP contribution in [0.15, 0.2) is 48.5 Å². The van der Waals surface area contributed by atoms with Crippen LogP contribution in [-0.4, -0.2) is 51.8 Å². The first-order chi connectivity index (χ1) is 13.0. The van der Waals surface area contributed by atoms with Crippen LogP contribution in [0.3, 0.4) is 0 Å². The predicted octanol–water partition coefficient (Wildman–Crippen LogP) is 2.82. The van der Waals surface area contributed by atoms with E-state index in [-0.39, 0.29) is 17.9 Å². The summed E-state index contributed by atoms with van der Waals surface area (Å²) in [4.78, 5) is 13.9. The Morgan fingerprint density at radius 3 is 2.52 bits per heavy atom. The van der Waals surface area contributed by atoms with E-state index in [2.05, 4.69) is 10.6 Å². The third kappa shape index (κ3) is 6.45. The summed E-state index contributed by atoms with van der Waals surface area (Å²) < 4.78 is 24.3. The third-order valence-electron chi connectivity index (χ3n) is 4.03. The number of nitrogens with one attached hydrogen (secondary N) is 2. The highest BCUT2D eigenvalue weighted by Crippen LogP contribution is 2.25. The molecule has 0 bridgehead atoms. The Kier molecular flexibility index (Phi) is 7.88. The van der Waals surface area contributed by atoms with Crippen LogP contribution < -0.4 is 20.1 Å². The van der Waals surface area contributed by atoms with Gasteiger partial charge in [0.15, 0.2) is 11.5 Å². The van der Waals surface area contributed by atoms with Crippen molar-refractivity contribution >= 4 is 6.03 Å². The van der Waals surface area contributed by atoms with Crippen molar-refractivity contribution in [2.24, 2.45) is 0 Å². The number of methoxy groups -OCH3 is 1. The average Bonchev–Trinajstić information content (AvgIpc) is 2.65. The Morgan fingerprint density at radius 2 is 1.85 bits per heavy atom. The van der Waals surface area contributed by atoms with E-state index in [1.165, 1.54) is 12.1 Å². The van der Waals surface area contributed by atoms with E-state index in [0.717, 1.165) is 5.56 Å². The van der Waals surface area contributed by atoms with Crippen LogP contribution in [0.1, 0.15) is 11.6 Å². The van der Waals surface area contributed by atoms with E-state index in [1.54, 1.807) is 19.2 Å². The molecule has 0 fully saturated rings. The maximum atomic E-state index is 13.4. The fourth-order valence-electron chi connectivity index (χ4n) is 2.63. The molecular weight excluding hydrogens is 349 g/mol. The third-order valence-corrected chi connectivity index (χ3v) is 4.03. The largest absolute Gasteiger partial charge is 0.493 e. The highest BCUT2D eigenvalue weighted by atomic mass is 19.1. The molecule has 2 amide bonds. The maximum Gasteiger partial charge on any atom is 0.314 e. The molecule has 0 aromatic heterocycles. The Hall–Kier alpha value is -2.80. The van der Waals surface area contributed by atoms with Crippen molar-refractivity contribution in [1.82, 2.24) is 15.5 Å². The number of benzene rings is 2. The van der Waals surface area contributed by atoms with Gasteiger partial charge in [-0.3, -0.25) is 0 Å². The molecule has 0 heterocycles. The van der Waals surface area contributed by atoms with Crippen LogP contribution in [0.25, 0.3) is 0 Å². The summed E-state index contributed by atoms with van der Waals surface area (Å²) >= 11 is 0. The molecule has 146 valence electrons. The molecule has 0 aliphatic heterocycles. The molecule has 1 unspecified atom stereocenters. The first-order valence-electron chi connectivity index (χ1n) is 8.70. The molecule has 0 saturated heterocycles. The predicted molar refractivity (Wildman–Crippen MR) is 103 cm³/mol. The number of rotatable bonds is 9. The lowest BCUT2D eigenvalue weighted by atomic mass is 10.1. The maximum absolute atomic E-state index is 13.4. The fraction of sp³-hybridized carbons (Fsp3) is 0.350. The molecule has 0 aliphatic carbocycles. The number of carbonyl (C=O) groups excluding carboxylic acids is 1. The van der Waals surface area contributed by atoms with Gasteiger partial charge in [0.25, 0.3) is 0 Å². The zero-order valence-electron chi connectivity index (χ0n) is 15.9. The van der Waals surface area contributed by atoms with Crippen LogP contribution in [0.5, 0.6) is 11.5 Å². The number of hydrogen-bond acceptors (Lipinski definition) is 4. The van der Waals surface area contributed by atoms with Crippen molar-refractivity contribution in [1.29, 1.82) is 0 Å². The zero-order chi connectivity index (χ0) is 19.6. The van der Waals surface area contributed by atoms with Crippen LogP contribution >= 0.6 is 0 Å². The fourth-order valence-corrected chi connectivity index (χ4v) is 2.63. The molecule has 6 nitrogen and oxygen atoms in total. The second-order valence-electron chi connectivity index (χ2n) is 6.17. The molecule has 0 radical (unpaired) electrons. The zero-order valence-corrected chi connectivity index (χ0v) is 15.9. The molecule has 2 rings (SSSR count). The minimum absolute atomic E-state index is 0.128. The highest BCUT2D eigenvalue weighted by Gasteiger charge is 2.15. The summed E-state index contributed by atoms with van der Waals surface area (Å²) in [6, 6.07) is 13.3. The SMILES string of the molecule is COc1ccccc1OCCNC(=O)NCC(c1cccc(F)c1)N(C)C. The number of amides is 2. The van der Waals surface area contributed by atoms with Crippen molar-refractivity contribution in [3.63, 3.8) is 0 Å². The summed E-state index contributed by atoms with van der Waals surface area (Å²) in [5.41, 5.74) is 0.805. The molecule has 2 aromatic carbocycles. The summed E-state index contributed by atoms with van der Waals surface area (Å²) in [6.07, 6.45) is 0. The lowest BCUT2D eigenvalue weighted by molar-refractivity contribution is 0.228. The first-order valence-corrected chi connectivity index (χ1v) is 8.70. The van der Waals surface area contributed by atoms with Gasteiger partial charge >= 0.3 is 6.03 Å². The average molecular weight is 375 g/mol. The van der Waals surface area contributed by atoms with Crippen molar-refractivity contribution < 1.29 is 18.7 Å². The molecule has 1 atom stereocenters. The Labute approximate surface area is 159 Å². The van der Waals surface area contributed by atoms with E-state index in [9.17, 15) is 9.18 Å². The normalized spacial score (nSPS) is 11.7. The second-order valence-corrected chi connectivity index (χ2v) is 6.17. The summed E-state index contributed by atoms with van der Waals surface area (Å²) in [5, 5.41) is 5.55. The molecule has 2 aromatic rings. The van der Waals surface area contributed by atoms with Gasteiger partial charge in [-0.15, -0.1) is 0 Å². The number of nitrogens with zero attached hydrogens (tertiary/aromatic N) is 1. The number of urea groups is 1. The number of ether oxygens (including phenoxy) is 2. The van der Waals surface area contributed by atoms with Gasteiger partial charge < -0.3 is 25.0 Å². The van der Waals surface area contributed by atoms with Gasteiger partial charge in [0.1, 0.15) is 12.4 Å². The van der Waals surface area contributed by atoms with Gasteiger partial charge in [-0.1, -0.05) is 24.3 Å². The van der Waals surface area contributed by atoms with Crippen LogP contribution in [0, 0.1) is 5.82 Å². The number of likely N-dealkylation sites (N-methyl/N-ethyl adjacent to an activating group) is 1. The number of halogens is 1. The molecular formula is C20H26FN3O3. The summed E-state index contributed by atoms with van der Waals surface area (Å²) in [6.45, 7) is 1.01. The molecule has 27 heavy (non-hydrogen) atoms. The van der Waals surface area contributed by atoms with Gasteiger partial charge in [0.2, 0.25) is 0 Å². The lowest BCUT2D eigenvalue weighted by Crippen LogP contribution is -2.41. The van der Waals surface area contributed by atoms with E-state index >= 15 is 0 Å². The van der Waals surface area contributed by atoms with E-state index in [1.807, 2.05) is 43.3 Å². The molecule has 0 saturated carbocycles. The van der Waals surface area contributed by atoms with Gasteiger partial charge in [-0.05, 0) is 43.9 Å². The van der Waals surface area contributed by atoms with Gasteiger partial charge in [0, 0.05) is 6.54 Å². The standard InChI is InChI=1S/C20H26FN3O3/c1-24(2)17(15-7-6-8-16(21)13-15)14-23-20(25)22-11-12-27-19-10-5-4-9-18(19)26-3/h4-10,13,17H,11-12,14H2,1-3H3,(H2,22,23,25). The van der Waals surface area contributed by atoms with Crippen molar-refractivity contribution in [2.45, 2.75) is 6.04 Å². The second kappa shape index (κ2) is 10.4. The molecule has 7 heteroatoms. The minimum atomic E-state index is -0.304. The van der Waals surface area contributed by atoms with E-state index in [0.29, 0.717) is 31.2 Å². The Morgan fingerprint density at radius 1 is 1.11 bits per heavy atom. The molecule has 0 aliphatic rings. The van der Waals surface area contributed by atoms with Crippen LogP contribution in [0.2, 0.25) is 0 Å².